The van der Waals surface area contributed by atoms with Crippen molar-refractivity contribution in [2.45, 2.75) is 19.6 Å². The zero-order valence-corrected chi connectivity index (χ0v) is 17.5. The van der Waals surface area contributed by atoms with Gasteiger partial charge in [-0.3, -0.25) is 9.59 Å². The Kier molecular flexibility index (Phi) is 8.36. The molecule has 0 spiro atoms. The molecule has 1 unspecified atom stereocenters. The highest BCUT2D eigenvalue weighted by Crippen LogP contribution is 2.32. The predicted octanol–water partition coefficient (Wildman–Crippen LogP) is 4.48. The quantitative estimate of drug-likeness (QED) is 0.557. The van der Waals surface area contributed by atoms with Gasteiger partial charge in [0.05, 0.1) is 5.02 Å². The van der Waals surface area contributed by atoms with Crippen LogP contribution in [0.25, 0.3) is 0 Å². The summed E-state index contributed by atoms with van der Waals surface area (Å²) in [7, 11) is 0. The molecule has 0 fully saturated rings. The molecule has 29 heavy (non-hydrogen) atoms. The molecule has 2 amide bonds. The van der Waals surface area contributed by atoms with Crippen LogP contribution in [-0.2, 0) is 11.4 Å². The molecule has 154 valence electrons. The lowest BCUT2D eigenvalue weighted by molar-refractivity contribution is -0.131. The molecule has 0 aliphatic rings. The Balaban J connectivity index is 1.96. The number of benzene rings is 1. The monoisotopic (exact) mass is 436 g/mol. The second-order valence-electron chi connectivity index (χ2n) is 6.12. The number of rotatable bonds is 10. The SMILES string of the molecule is C=CCN(CC=C)C(=O)C(C)NC(=O)c1ccc(COc2cccc(Cl)c2Cl)o1. The topological polar surface area (TPSA) is 71.8 Å². The van der Waals surface area contributed by atoms with Gasteiger partial charge in [-0.25, -0.2) is 0 Å². The van der Waals surface area contributed by atoms with E-state index in [0.717, 1.165) is 0 Å². The summed E-state index contributed by atoms with van der Waals surface area (Å²) in [6.45, 7) is 9.64. The van der Waals surface area contributed by atoms with E-state index >= 15 is 0 Å². The normalized spacial score (nSPS) is 11.4. The van der Waals surface area contributed by atoms with Crippen LogP contribution in [0.3, 0.4) is 0 Å². The van der Waals surface area contributed by atoms with E-state index < -0.39 is 11.9 Å². The van der Waals surface area contributed by atoms with E-state index in [0.29, 0.717) is 34.6 Å². The number of carbonyl (C=O) groups excluding carboxylic acids is 2. The summed E-state index contributed by atoms with van der Waals surface area (Å²) in [5.41, 5.74) is 0. The Morgan fingerprint density at radius 2 is 1.90 bits per heavy atom. The Morgan fingerprint density at radius 3 is 2.55 bits per heavy atom. The molecule has 0 aliphatic heterocycles. The third-order valence-corrected chi connectivity index (χ3v) is 4.70. The molecule has 1 aromatic carbocycles. The van der Waals surface area contributed by atoms with Gasteiger partial charge in [0.1, 0.15) is 29.2 Å². The molecule has 0 radical (unpaired) electrons. The van der Waals surface area contributed by atoms with Gasteiger partial charge in [0, 0.05) is 13.1 Å². The Bertz CT molecular complexity index is 885. The van der Waals surface area contributed by atoms with Crippen molar-refractivity contribution in [3.05, 3.63) is 77.2 Å². The van der Waals surface area contributed by atoms with Crippen LogP contribution in [0.1, 0.15) is 23.2 Å². The predicted molar refractivity (Wildman–Crippen MR) is 113 cm³/mol. The van der Waals surface area contributed by atoms with Crippen molar-refractivity contribution < 1.29 is 18.7 Å². The van der Waals surface area contributed by atoms with Gasteiger partial charge in [0.25, 0.3) is 5.91 Å². The Hall–Kier alpha value is -2.70. The molecule has 0 saturated heterocycles. The fraction of sp³-hybridized carbons (Fsp3) is 0.238. The van der Waals surface area contributed by atoms with Gasteiger partial charge in [-0.15, -0.1) is 13.2 Å². The molecule has 2 rings (SSSR count). The van der Waals surface area contributed by atoms with E-state index in [2.05, 4.69) is 18.5 Å². The van der Waals surface area contributed by atoms with E-state index in [1.54, 1.807) is 43.3 Å². The molecular formula is C21H22Cl2N2O4. The average molecular weight is 437 g/mol. The molecule has 8 heteroatoms. The Labute approximate surface area is 179 Å². The lowest BCUT2D eigenvalue weighted by Crippen LogP contribution is -2.47. The molecule has 1 aromatic heterocycles. The van der Waals surface area contributed by atoms with E-state index in [1.807, 2.05) is 0 Å². The first kappa shape index (κ1) is 22.6. The van der Waals surface area contributed by atoms with Crippen LogP contribution in [-0.4, -0.2) is 35.8 Å². The summed E-state index contributed by atoms with van der Waals surface area (Å²) >= 11 is 12.0. The third-order valence-electron chi connectivity index (χ3n) is 3.90. The van der Waals surface area contributed by atoms with Crippen LogP contribution in [0.5, 0.6) is 5.75 Å². The molecule has 1 atom stereocenters. The van der Waals surface area contributed by atoms with Gasteiger partial charge in [0.15, 0.2) is 5.76 Å². The molecule has 0 saturated carbocycles. The molecule has 1 heterocycles. The lowest BCUT2D eigenvalue weighted by Gasteiger charge is -2.23. The Morgan fingerprint density at radius 1 is 1.21 bits per heavy atom. The van der Waals surface area contributed by atoms with E-state index in [1.165, 1.54) is 11.0 Å². The highest BCUT2D eigenvalue weighted by Gasteiger charge is 2.22. The largest absolute Gasteiger partial charge is 0.484 e. The van der Waals surface area contributed by atoms with E-state index in [9.17, 15) is 9.59 Å². The number of furan rings is 1. The van der Waals surface area contributed by atoms with Crippen molar-refractivity contribution in [3.63, 3.8) is 0 Å². The van der Waals surface area contributed by atoms with Crippen molar-refractivity contribution in [2.75, 3.05) is 13.1 Å². The van der Waals surface area contributed by atoms with Gasteiger partial charge in [-0.05, 0) is 31.2 Å². The molecule has 0 aliphatic carbocycles. The minimum Gasteiger partial charge on any atom is -0.484 e. The average Bonchev–Trinajstić information content (AvgIpc) is 3.17. The van der Waals surface area contributed by atoms with Crippen molar-refractivity contribution in [3.8, 4) is 5.75 Å². The second-order valence-corrected chi connectivity index (χ2v) is 6.91. The number of nitrogens with zero attached hydrogens (tertiary/aromatic N) is 1. The summed E-state index contributed by atoms with van der Waals surface area (Å²) in [4.78, 5) is 26.4. The second kappa shape index (κ2) is 10.7. The fourth-order valence-electron chi connectivity index (χ4n) is 2.49. The molecule has 2 aromatic rings. The number of carbonyl (C=O) groups is 2. The fourth-order valence-corrected chi connectivity index (χ4v) is 2.84. The third kappa shape index (κ3) is 6.14. The first-order valence-electron chi connectivity index (χ1n) is 8.84. The van der Waals surface area contributed by atoms with Crippen molar-refractivity contribution in [1.82, 2.24) is 10.2 Å². The first-order chi connectivity index (χ1) is 13.9. The zero-order valence-electron chi connectivity index (χ0n) is 16.0. The summed E-state index contributed by atoms with van der Waals surface area (Å²) in [5.74, 6) is 0.147. The molecule has 0 bridgehead atoms. The molecule has 6 nitrogen and oxygen atoms in total. The van der Waals surface area contributed by atoms with Gasteiger partial charge >= 0.3 is 0 Å². The smallest absolute Gasteiger partial charge is 0.287 e. The van der Waals surface area contributed by atoms with E-state index in [-0.39, 0.29) is 18.3 Å². The highest BCUT2D eigenvalue weighted by molar-refractivity contribution is 6.42. The summed E-state index contributed by atoms with van der Waals surface area (Å²) in [5, 5.41) is 3.30. The lowest BCUT2D eigenvalue weighted by atomic mass is 10.2. The van der Waals surface area contributed by atoms with Crippen LogP contribution >= 0.6 is 23.2 Å². The number of halogens is 2. The molecule has 1 N–H and O–H groups in total. The number of hydrogen-bond donors (Lipinski definition) is 1. The van der Waals surface area contributed by atoms with Crippen molar-refractivity contribution >= 4 is 35.0 Å². The summed E-state index contributed by atoms with van der Waals surface area (Å²) in [6, 6.07) is 7.43. The number of nitrogens with one attached hydrogen (secondary N) is 1. The van der Waals surface area contributed by atoms with Crippen molar-refractivity contribution in [1.29, 1.82) is 0 Å². The maximum absolute atomic E-state index is 12.5. The standard InChI is InChI=1S/C21H22Cl2N2O4/c1-4-11-25(12-5-2)21(27)14(3)24-20(26)18-10-9-15(29-18)13-28-17-8-6-7-16(22)19(17)23/h4-10,14H,1-2,11-13H2,3H3,(H,24,26). The zero-order chi connectivity index (χ0) is 21.4. The number of amides is 2. The van der Waals surface area contributed by atoms with Gasteiger partial charge in [0.2, 0.25) is 5.91 Å². The van der Waals surface area contributed by atoms with Crippen LogP contribution in [0.15, 0.2) is 60.1 Å². The highest BCUT2D eigenvalue weighted by atomic mass is 35.5. The maximum Gasteiger partial charge on any atom is 0.287 e. The van der Waals surface area contributed by atoms with Gasteiger partial charge in [-0.1, -0.05) is 41.4 Å². The van der Waals surface area contributed by atoms with Crippen molar-refractivity contribution in [2.24, 2.45) is 0 Å². The molecular weight excluding hydrogens is 415 g/mol. The minimum atomic E-state index is -0.738. The number of hydrogen-bond acceptors (Lipinski definition) is 4. The van der Waals surface area contributed by atoms with E-state index in [4.69, 9.17) is 32.4 Å². The minimum absolute atomic E-state index is 0.0638. The van der Waals surface area contributed by atoms with Crippen LogP contribution in [0.2, 0.25) is 10.0 Å². The number of ether oxygens (including phenoxy) is 1. The van der Waals surface area contributed by atoms with Crippen LogP contribution in [0.4, 0.5) is 0 Å². The summed E-state index contributed by atoms with van der Waals surface area (Å²) in [6.07, 6.45) is 3.22. The van der Waals surface area contributed by atoms with Gasteiger partial charge in [-0.2, -0.15) is 0 Å². The van der Waals surface area contributed by atoms with Crippen LogP contribution < -0.4 is 10.1 Å². The summed E-state index contributed by atoms with van der Waals surface area (Å²) < 4.78 is 11.1. The first-order valence-corrected chi connectivity index (χ1v) is 9.60. The van der Waals surface area contributed by atoms with Crippen LogP contribution in [0, 0.1) is 0 Å². The van der Waals surface area contributed by atoms with Gasteiger partial charge < -0.3 is 19.4 Å². The maximum atomic E-state index is 12.5.